The van der Waals surface area contributed by atoms with Crippen LogP contribution in [-0.2, 0) is 26.1 Å². The fourth-order valence-corrected chi connectivity index (χ4v) is 2.85. The largest absolute Gasteiger partial charge is 0.480 e. The molecule has 0 radical (unpaired) electrons. The summed E-state index contributed by atoms with van der Waals surface area (Å²) in [7, 11) is -0.967. The minimum absolute atomic E-state index is 0.381. The number of anilines is 1. The van der Waals surface area contributed by atoms with Gasteiger partial charge in [-0.25, -0.2) is 0 Å². The van der Waals surface area contributed by atoms with E-state index < -0.39 is 28.1 Å². The molecule has 108 valence electrons. The van der Waals surface area contributed by atoms with Crippen LogP contribution in [0.2, 0.25) is 0 Å². The van der Waals surface area contributed by atoms with Gasteiger partial charge in [0.2, 0.25) is 5.91 Å². The lowest BCUT2D eigenvalue weighted by Crippen LogP contribution is -2.31. The summed E-state index contributed by atoms with van der Waals surface area (Å²) < 4.78 is 11.3. The first-order valence-corrected chi connectivity index (χ1v) is 8.03. The molecule has 1 amide bonds. The first-order chi connectivity index (χ1) is 9.36. The summed E-state index contributed by atoms with van der Waals surface area (Å²) >= 11 is 0. The zero-order valence-electron chi connectivity index (χ0n) is 11.4. The Hall–Kier alpha value is -1.69. The van der Waals surface area contributed by atoms with Crippen LogP contribution in [0.25, 0.3) is 0 Å². The zero-order valence-corrected chi connectivity index (χ0v) is 12.3. The molecule has 0 heterocycles. The van der Waals surface area contributed by atoms with Gasteiger partial charge in [0, 0.05) is 28.5 Å². The number of carboxylic acids is 1. The van der Waals surface area contributed by atoms with E-state index >= 15 is 0 Å². The minimum atomic E-state index is -1.25. The number of hydrogen-bond acceptors (Lipinski definition) is 3. The van der Waals surface area contributed by atoms with Crippen molar-refractivity contribution >= 4 is 28.4 Å². The van der Waals surface area contributed by atoms with Crippen molar-refractivity contribution in [1.29, 1.82) is 0 Å². The molecule has 0 spiro atoms. The lowest BCUT2D eigenvalue weighted by atomic mass is 10.0. The normalized spacial score (nSPS) is 17.3. The number of benzene rings is 1. The molecule has 6 heteroatoms. The van der Waals surface area contributed by atoms with Gasteiger partial charge in [-0.05, 0) is 37.0 Å². The van der Waals surface area contributed by atoms with Crippen molar-refractivity contribution in [2.24, 2.45) is 5.41 Å². The van der Waals surface area contributed by atoms with Crippen molar-refractivity contribution < 1.29 is 18.9 Å². The Kier molecular flexibility index (Phi) is 3.94. The van der Waals surface area contributed by atoms with E-state index in [1.165, 1.54) is 0 Å². The van der Waals surface area contributed by atoms with Crippen LogP contribution in [-0.4, -0.2) is 27.4 Å². The lowest BCUT2D eigenvalue weighted by molar-refractivity contribution is -0.147. The average Bonchev–Trinajstić information content (AvgIpc) is 3.15. The van der Waals surface area contributed by atoms with Crippen LogP contribution in [0, 0.1) is 12.3 Å². The first-order valence-electron chi connectivity index (χ1n) is 6.30. The van der Waals surface area contributed by atoms with Gasteiger partial charge < -0.3 is 10.4 Å². The lowest BCUT2D eigenvalue weighted by Gasteiger charge is -2.14. The maximum Gasteiger partial charge on any atom is 0.319 e. The molecule has 5 nitrogen and oxygen atoms in total. The minimum Gasteiger partial charge on any atom is -0.480 e. The third kappa shape index (κ3) is 2.75. The molecule has 1 aliphatic carbocycles. The summed E-state index contributed by atoms with van der Waals surface area (Å²) in [5, 5.41) is 11.8. The highest BCUT2D eigenvalue weighted by Gasteiger charge is 2.57. The van der Waals surface area contributed by atoms with Gasteiger partial charge >= 0.3 is 5.97 Å². The number of hydrogen-bond donors (Lipinski definition) is 2. The predicted molar refractivity (Wildman–Crippen MR) is 76.9 cm³/mol. The molecular weight excluding hydrogens is 278 g/mol. The van der Waals surface area contributed by atoms with Crippen molar-refractivity contribution in [1.82, 2.24) is 0 Å². The number of carbonyl (C=O) groups is 2. The van der Waals surface area contributed by atoms with Gasteiger partial charge in [-0.1, -0.05) is 12.1 Å². The van der Waals surface area contributed by atoms with Crippen molar-refractivity contribution in [3.8, 4) is 0 Å². The van der Waals surface area contributed by atoms with Crippen molar-refractivity contribution in [2.45, 2.75) is 25.5 Å². The molecule has 1 aromatic carbocycles. The van der Waals surface area contributed by atoms with Gasteiger partial charge in [-0.3, -0.25) is 13.8 Å². The second-order valence-corrected chi connectivity index (χ2v) is 6.58. The zero-order chi connectivity index (χ0) is 14.9. The highest BCUT2D eigenvalue weighted by atomic mass is 32.2. The third-order valence-electron chi connectivity index (χ3n) is 3.65. The molecule has 1 unspecified atom stereocenters. The summed E-state index contributed by atoms with van der Waals surface area (Å²) in [5.74, 6) is -1.12. The highest BCUT2D eigenvalue weighted by Crippen LogP contribution is 2.46. The van der Waals surface area contributed by atoms with Crippen LogP contribution < -0.4 is 5.32 Å². The molecule has 2 N–H and O–H groups in total. The molecule has 1 fully saturated rings. The smallest absolute Gasteiger partial charge is 0.319 e. The summed E-state index contributed by atoms with van der Waals surface area (Å²) in [6.07, 6.45) is 2.38. The van der Waals surface area contributed by atoms with Crippen LogP contribution in [0.15, 0.2) is 18.2 Å². The Morgan fingerprint density at radius 1 is 1.40 bits per heavy atom. The molecule has 20 heavy (non-hydrogen) atoms. The molecule has 0 bridgehead atoms. The van der Waals surface area contributed by atoms with Crippen LogP contribution in [0.1, 0.15) is 24.0 Å². The second-order valence-electron chi connectivity index (χ2n) is 5.15. The van der Waals surface area contributed by atoms with Gasteiger partial charge in [-0.15, -0.1) is 0 Å². The quantitative estimate of drug-likeness (QED) is 0.810. The van der Waals surface area contributed by atoms with E-state index in [1.807, 2.05) is 13.0 Å². The molecular formula is C14H17NO4S. The van der Waals surface area contributed by atoms with Gasteiger partial charge in [0.05, 0.1) is 0 Å². The first kappa shape index (κ1) is 14.7. The van der Waals surface area contributed by atoms with Crippen molar-refractivity contribution in [2.75, 3.05) is 11.6 Å². The van der Waals surface area contributed by atoms with Gasteiger partial charge in [-0.2, -0.15) is 0 Å². The monoisotopic (exact) mass is 295 g/mol. The number of rotatable bonds is 5. The summed E-state index contributed by atoms with van der Waals surface area (Å²) in [6.45, 7) is 1.83. The Morgan fingerprint density at radius 2 is 2.05 bits per heavy atom. The van der Waals surface area contributed by atoms with Crippen LogP contribution in [0.5, 0.6) is 0 Å². The molecule has 1 saturated carbocycles. The van der Waals surface area contributed by atoms with Crippen LogP contribution in [0.3, 0.4) is 0 Å². The molecule has 1 aliphatic rings. The fraction of sp³-hybridized carbons (Fsp3) is 0.429. The van der Waals surface area contributed by atoms with Crippen LogP contribution in [0.4, 0.5) is 5.69 Å². The Balaban J connectivity index is 2.20. The van der Waals surface area contributed by atoms with Crippen molar-refractivity contribution in [3.63, 3.8) is 0 Å². The molecule has 0 saturated heterocycles. The van der Waals surface area contributed by atoms with E-state index in [4.69, 9.17) is 5.11 Å². The van der Waals surface area contributed by atoms with E-state index in [0.717, 1.165) is 11.1 Å². The van der Waals surface area contributed by atoms with Crippen LogP contribution >= 0.6 is 0 Å². The summed E-state index contributed by atoms with van der Waals surface area (Å²) in [5.41, 5.74) is 1.06. The third-order valence-corrected chi connectivity index (χ3v) is 4.36. The van der Waals surface area contributed by atoms with E-state index in [0.29, 0.717) is 24.3 Å². The molecule has 2 rings (SSSR count). The Morgan fingerprint density at radius 3 is 2.55 bits per heavy atom. The predicted octanol–water partition coefficient (Wildman–Crippen LogP) is 1.68. The maximum atomic E-state index is 12.1. The standard InChI is InChI=1S/C14H17NO4S/c1-9-10(8-20(2)19)4-3-5-11(9)15-12(16)14(6-7-14)13(17)18/h3-5H,6-8H2,1-2H3,(H,15,16)(H,17,18). The van der Waals surface area contributed by atoms with Gasteiger partial charge in [0.25, 0.3) is 0 Å². The van der Waals surface area contributed by atoms with E-state index in [1.54, 1.807) is 18.4 Å². The SMILES string of the molecule is Cc1c(CS(C)=O)cccc1NC(=O)C1(C(=O)O)CC1. The van der Waals surface area contributed by atoms with E-state index in [-0.39, 0.29) is 0 Å². The maximum absolute atomic E-state index is 12.1. The number of carbonyl (C=O) groups excluding carboxylic acids is 1. The number of amides is 1. The Labute approximate surface area is 119 Å². The van der Waals surface area contributed by atoms with E-state index in [9.17, 15) is 13.8 Å². The summed E-state index contributed by atoms with van der Waals surface area (Å²) in [6, 6.07) is 5.36. The molecule has 0 aromatic heterocycles. The highest BCUT2D eigenvalue weighted by molar-refractivity contribution is 7.83. The van der Waals surface area contributed by atoms with Gasteiger partial charge in [0.1, 0.15) is 5.41 Å². The van der Waals surface area contributed by atoms with E-state index in [2.05, 4.69) is 5.32 Å². The number of carboxylic acid groups (broad SMARTS) is 1. The number of aliphatic carboxylic acids is 1. The molecule has 0 aliphatic heterocycles. The second kappa shape index (κ2) is 5.36. The number of nitrogens with one attached hydrogen (secondary N) is 1. The topological polar surface area (TPSA) is 83.5 Å². The van der Waals surface area contributed by atoms with Gasteiger partial charge in [0.15, 0.2) is 0 Å². The van der Waals surface area contributed by atoms with Crippen molar-refractivity contribution in [3.05, 3.63) is 29.3 Å². The molecule has 1 aromatic rings. The molecule has 1 atom stereocenters. The summed E-state index contributed by atoms with van der Waals surface area (Å²) in [4.78, 5) is 23.2. The average molecular weight is 295 g/mol. The fourth-order valence-electron chi connectivity index (χ4n) is 2.10. The Bertz CT molecular complexity index is 593.